The van der Waals surface area contributed by atoms with Gasteiger partial charge in [-0.05, 0) is 28.8 Å². The van der Waals surface area contributed by atoms with Crippen LogP contribution in [0.3, 0.4) is 0 Å². The van der Waals surface area contributed by atoms with Crippen LogP contribution in [-0.4, -0.2) is 26.1 Å². The van der Waals surface area contributed by atoms with E-state index in [1.54, 1.807) is 6.07 Å². The first-order valence-corrected chi connectivity index (χ1v) is 9.40. The summed E-state index contributed by atoms with van der Waals surface area (Å²) in [5.41, 5.74) is 3.10. The summed E-state index contributed by atoms with van der Waals surface area (Å²) in [6.07, 6.45) is 2.45. The Hall–Kier alpha value is -2.73. The van der Waals surface area contributed by atoms with Crippen LogP contribution in [0.25, 0.3) is 11.4 Å². The normalized spacial score (nSPS) is 10.7. The van der Waals surface area contributed by atoms with Gasteiger partial charge in [0, 0.05) is 23.6 Å². The first kappa shape index (κ1) is 19.0. The molecule has 0 aliphatic heterocycles. The van der Waals surface area contributed by atoms with Crippen LogP contribution < -0.4 is 5.32 Å². The van der Waals surface area contributed by atoms with Crippen LogP contribution in [0, 0.1) is 0 Å². The quantitative estimate of drug-likeness (QED) is 0.644. The number of nitrogens with zero attached hydrogens (tertiary/aromatic N) is 4. The molecule has 1 amide bonds. The molecular formula is C20H22ClN5O. The van der Waals surface area contributed by atoms with E-state index < -0.39 is 0 Å². The van der Waals surface area contributed by atoms with E-state index in [4.69, 9.17) is 11.6 Å². The summed E-state index contributed by atoms with van der Waals surface area (Å²) < 4.78 is 0. The van der Waals surface area contributed by atoms with Gasteiger partial charge in [-0.25, -0.2) is 0 Å². The lowest BCUT2D eigenvalue weighted by atomic mass is 10.1. The van der Waals surface area contributed by atoms with Crippen LogP contribution in [0.1, 0.15) is 30.9 Å². The minimum absolute atomic E-state index is 0.0855. The van der Waals surface area contributed by atoms with Gasteiger partial charge in [0.15, 0.2) is 0 Å². The zero-order valence-electron chi connectivity index (χ0n) is 15.2. The van der Waals surface area contributed by atoms with Gasteiger partial charge in [0.05, 0.1) is 6.54 Å². The second-order valence-electron chi connectivity index (χ2n) is 6.27. The molecule has 140 valence electrons. The number of aromatic nitrogens is 4. The van der Waals surface area contributed by atoms with Crippen LogP contribution in [0.15, 0.2) is 48.5 Å². The second-order valence-corrected chi connectivity index (χ2v) is 6.68. The van der Waals surface area contributed by atoms with Crippen molar-refractivity contribution in [1.82, 2.24) is 25.5 Å². The highest BCUT2D eigenvalue weighted by atomic mass is 35.5. The van der Waals surface area contributed by atoms with Gasteiger partial charge in [0.1, 0.15) is 0 Å². The Labute approximate surface area is 163 Å². The number of nitrogens with one attached hydrogen (secondary N) is 1. The molecule has 0 fully saturated rings. The van der Waals surface area contributed by atoms with Crippen molar-refractivity contribution in [2.24, 2.45) is 0 Å². The number of amides is 1. The fourth-order valence-electron chi connectivity index (χ4n) is 2.69. The average Bonchev–Trinajstić information content (AvgIpc) is 3.16. The van der Waals surface area contributed by atoms with Crippen molar-refractivity contribution in [3.05, 3.63) is 64.7 Å². The van der Waals surface area contributed by atoms with Gasteiger partial charge >= 0.3 is 0 Å². The maximum Gasteiger partial charge on any atom is 0.222 e. The molecule has 7 heteroatoms. The van der Waals surface area contributed by atoms with Crippen LogP contribution in [0.4, 0.5) is 0 Å². The highest BCUT2D eigenvalue weighted by molar-refractivity contribution is 6.31. The summed E-state index contributed by atoms with van der Waals surface area (Å²) in [5, 5.41) is 16.0. The summed E-state index contributed by atoms with van der Waals surface area (Å²) >= 11 is 6.09. The average molecular weight is 384 g/mol. The Morgan fingerprint density at radius 3 is 2.67 bits per heavy atom. The SMILES string of the molecule is CCCc1ccc(-c2nnn(CCC(=O)NCc3ccccc3Cl)n2)cc1. The van der Waals surface area contributed by atoms with E-state index in [1.165, 1.54) is 10.4 Å². The molecule has 1 aromatic heterocycles. The number of carbonyl (C=O) groups is 1. The lowest BCUT2D eigenvalue weighted by Gasteiger charge is -2.06. The molecule has 3 rings (SSSR count). The summed E-state index contributed by atoms with van der Waals surface area (Å²) in [6, 6.07) is 15.6. The second kappa shape index (κ2) is 9.28. The number of halogens is 1. The van der Waals surface area contributed by atoms with E-state index in [0.29, 0.717) is 23.9 Å². The third-order valence-electron chi connectivity index (χ3n) is 4.18. The Bertz CT molecular complexity index is 891. The number of rotatable bonds is 8. The van der Waals surface area contributed by atoms with Crippen molar-refractivity contribution in [1.29, 1.82) is 0 Å². The molecule has 0 aliphatic rings. The van der Waals surface area contributed by atoms with Crippen LogP contribution in [0.5, 0.6) is 0 Å². The number of carbonyl (C=O) groups excluding carboxylic acids is 1. The number of tetrazole rings is 1. The maximum absolute atomic E-state index is 12.0. The van der Waals surface area contributed by atoms with E-state index in [-0.39, 0.29) is 12.3 Å². The number of aryl methyl sites for hydroxylation is 2. The molecule has 0 bridgehead atoms. The maximum atomic E-state index is 12.0. The number of benzene rings is 2. The lowest BCUT2D eigenvalue weighted by Crippen LogP contribution is -2.24. The summed E-state index contributed by atoms with van der Waals surface area (Å²) in [5.74, 6) is 0.479. The Balaban J connectivity index is 1.50. The zero-order chi connectivity index (χ0) is 19.1. The molecule has 2 aromatic carbocycles. The summed E-state index contributed by atoms with van der Waals surface area (Å²) in [4.78, 5) is 13.5. The zero-order valence-corrected chi connectivity index (χ0v) is 16.0. The molecule has 0 spiro atoms. The molecule has 1 N–H and O–H groups in total. The standard InChI is InChI=1S/C20H22ClN5O/c1-2-5-15-8-10-16(11-9-15)20-23-25-26(24-20)13-12-19(27)22-14-17-6-3-4-7-18(17)21/h3-4,6-11H,2,5,12-14H2,1H3,(H,22,27). The molecule has 0 unspecified atom stereocenters. The molecule has 1 heterocycles. The van der Waals surface area contributed by atoms with E-state index in [2.05, 4.69) is 39.8 Å². The van der Waals surface area contributed by atoms with E-state index >= 15 is 0 Å². The molecule has 0 saturated carbocycles. The van der Waals surface area contributed by atoms with Crippen molar-refractivity contribution < 1.29 is 4.79 Å². The van der Waals surface area contributed by atoms with E-state index in [0.717, 1.165) is 24.0 Å². The largest absolute Gasteiger partial charge is 0.352 e. The van der Waals surface area contributed by atoms with Crippen molar-refractivity contribution in [3.63, 3.8) is 0 Å². The summed E-state index contributed by atoms with van der Waals surface area (Å²) in [6.45, 7) is 2.93. The van der Waals surface area contributed by atoms with Crippen molar-refractivity contribution in [2.75, 3.05) is 0 Å². The highest BCUT2D eigenvalue weighted by Crippen LogP contribution is 2.16. The van der Waals surface area contributed by atoms with Crippen LogP contribution in [-0.2, 0) is 24.3 Å². The van der Waals surface area contributed by atoms with Gasteiger partial charge < -0.3 is 5.32 Å². The Kier molecular flexibility index (Phi) is 6.54. The monoisotopic (exact) mass is 383 g/mol. The van der Waals surface area contributed by atoms with Gasteiger partial charge in [-0.2, -0.15) is 4.80 Å². The summed E-state index contributed by atoms with van der Waals surface area (Å²) in [7, 11) is 0. The molecule has 3 aromatic rings. The predicted molar refractivity (Wildman–Crippen MR) is 105 cm³/mol. The molecular weight excluding hydrogens is 362 g/mol. The first-order valence-electron chi connectivity index (χ1n) is 9.03. The molecule has 0 atom stereocenters. The third-order valence-corrected chi connectivity index (χ3v) is 4.55. The van der Waals surface area contributed by atoms with Crippen LogP contribution in [0.2, 0.25) is 5.02 Å². The molecule has 0 saturated heterocycles. The van der Waals surface area contributed by atoms with Gasteiger partial charge in [-0.3, -0.25) is 4.79 Å². The number of hydrogen-bond acceptors (Lipinski definition) is 4. The Morgan fingerprint density at radius 2 is 1.93 bits per heavy atom. The van der Waals surface area contributed by atoms with E-state index in [1.807, 2.05) is 30.3 Å². The predicted octanol–water partition coefficient (Wildman–Crippen LogP) is 3.65. The minimum atomic E-state index is -0.0855. The van der Waals surface area contributed by atoms with Gasteiger partial charge in [-0.15, -0.1) is 10.2 Å². The number of hydrogen-bond donors (Lipinski definition) is 1. The lowest BCUT2D eigenvalue weighted by molar-refractivity contribution is -0.121. The molecule has 0 radical (unpaired) electrons. The highest BCUT2D eigenvalue weighted by Gasteiger charge is 2.08. The molecule has 27 heavy (non-hydrogen) atoms. The molecule has 0 aliphatic carbocycles. The topological polar surface area (TPSA) is 72.7 Å². The van der Waals surface area contributed by atoms with Crippen molar-refractivity contribution in [3.8, 4) is 11.4 Å². The van der Waals surface area contributed by atoms with Crippen LogP contribution >= 0.6 is 11.6 Å². The third kappa shape index (κ3) is 5.37. The first-order chi connectivity index (χ1) is 13.2. The van der Waals surface area contributed by atoms with E-state index in [9.17, 15) is 4.79 Å². The van der Waals surface area contributed by atoms with Gasteiger partial charge in [-0.1, -0.05) is 67.4 Å². The van der Waals surface area contributed by atoms with Gasteiger partial charge in [0.2, 0.25) is 11.7 Å². The Morgan fingerprint density at radius 1 is 1.15 bits per heavy atom. The fraction of sp³-hybridized carbons (Fsp3) is 0.300. The van der Waals surface area contributed by atoms with Crippen molar-refractivity contribution >= 4 is 17.5 Å². The smallest absolute Gasteiger partial charge is 0.222 e. The van der Waals surface area contributed by atoms with Crippen molar-refractivity contribution in [2.45, 2.75) is 39.3 Å². The molecule has 6 nitrogen and oxygen atoms in total. The minimum Gasteiger partial charge on any atom is -0.352 e. The fourth-order valence-corrected chi connectivity index (χ4v) is 2.89. The van der Waals surface area contributed by atoms with Gasteiger partial charge in [0.25, 0.3) is 0 Å².